The van der Waals surface area contributed by atoms with Crippen LogP contribution in [0.4, 0.5) is 11.4 Å². The van der Waals surface area contributed by atoms with Crippen molar-refractivity contribution in [1.29, 1.82) is 0 Å². The number of hydrogen-bond acceptors (Lipinski definition) is 4. The van der Waals surface area contributed by atoms with Crippen LogP contribution in [0.15, 0.2) is 124 Å². The number of benzene rings is 8. The molecule has 0 saturated heterocycles. The predicted octanol–water partition coefficient (Wildman–Crippen LogP) is 10.7. The molecule has 0 radical (unpaired) electrons. The molecule has 0 saturated carbocycles. The van der Waals surface area contributed by atoms with Crippen molar-refractivity contribution < 1.29 is 9.47 Å². The topological polar surface area (TPSA) is 42.8 Å². The average Bonchev–Trinajstić information content (AvgIpc) is 3.06. The third kappa shape index (κ3) is 2.79. The molecule has 6 heteroatoms. The molecule has 0 fully saturated rings. The van der Waals surface area contributed by atoms with E-state index in [9.17, 15) is 0 Å². The fourth-order valence-electron chi connectivity index (χ4n) is 7.59. The first kappa shape index (κ1) is 23.4. The summed E-state index contributed by atoms with van der Waals surface area (Å²) in [6.45, 7) is 0. The van der Waals surface area contributed by atoms with Crippen molar-refractivity contribution in [2.75, 3.05) is 5.32 Å². The van der Waals surface area contributed by atoms with Crippen LogP contribution in [0, 0.1) is 0 Å². The quantitative estimate of drug-likeness (QED) is 0.175. The van der Waals surface area contributed by atoms with Crippen LogP contribution in [0.2, 0.25) is 0 Å². The van der Waals surface area contributed by atoms with E-state index in [0.717, 1.165) is 38.3 Å². The van der Waals surface area contributed by atoms with E-state index >= 15 is 0 Å². The number of hydrogen-bond donors (Lipinski definition) is 1. The molecule has 1 atom stereocenters. The third-order valence-electron chi connectivity index (χ3n) is 9.51. The van der Waals surface area contributed by atoms with Crippen LogP contribution in [0.3, 0.4) is 0 Å². The largest absolute Gasteiger partial charge is 0.455 e. The average molecular weight is 605 g/mol. The van der Waals surface area contributed by atoms with Gasteiger partial charge < -0.3 is 14.8 Å². The predicted molar refractivity (Wildman–Crippen MR) is 182 cm³/mol. The Hall–Kier alpha value is -5.03. The molecule has 11 rings (SSSR count). The fourth-order valence-corrected chi connectivity index (χ4v) is 8.15. The van der Waals surface area contributed by atoms with Gasteiger partial charge in [-0.1, -0.05) is 108 Å². The highest BCUT2D eigenvalue weighted by Crippen LogP contribution is 2.52. The zero-order chi connectivity index (χ0) is 28.8. The first-order chi connectivity index (χ1) is 21.6. The second-order valence-corrected chi connectivity index (χ2v) is 12.6. The van der Waals surface area contributed by atoms with E-state index in [1.807, 2.05) is 0 Å². The standard InChI is InChI=1S/C38H18Cl2N2O2/c39-31-35-37(43-25-15-21-9-7-17-3-1-5-19-11-13-23(33(25)41-35)29(21)27(17)19)32(40)36-38(31)44-26-16-22-10-8-18-4-2-6-20-12-14-24(34(26)42-36)30(22)28(18)20/h1-16,35,41H. The van der Waals surface area contributed by atoms with E-state index in [1.165, 1.54) is 37.7 Å². The molecule has 0 amide bonds. The number of anilines is 1. The maximum absolute atomic E-state index is 7.17. The van der Waals surface area contributed by atoms with Crippen molar-refractivity contribution in [3.63, 3.8) is 0 Å². The van der Waals surface area contributed by atoms with Crippen LogP contribution in [0.25, 0.3) is 64.6 Å². The Bertz CT molecular complexity index is 2690. The van der Waals surface area contributed by atoms with Gasteiger partial charge in [0.1, 0.15) is 22.5 Å². The molecule has 1 N–H and O–H groups in total. The van der Waals surface area contributed by atoms with Crippen LogP contribution in [0.5, 0.6) is 11.5 Å². The Morgan fingerprint density at radius 3 is 1.84 bits per heavy atom. The van der Waals surface area contributed by atoms with Crippen LogP contribution < -0.4 is 14.8 Å². The number of halogens is 2. The summed E-state index contributed by atoms with van der Waals surface area (Å²) in [5.74, 6) is 2.32. The van der Waals surface area contributed by atoms with Gasteiger partial charge in [0.05, 0.1) is 10.7 Å². The summed E-state index contributed by atoms with van der Waals surface area (Å²) in [4.78, 5) is 5.12. The Morgan fingerprint density at radius 1 is 0.591 bits per heavy atom. The van der Waals surface area contributed by atoms with E-state index in [1.54, 1.807) is 0 Å². The van der Waals surface area contributed by atoms with Gasteiger partial charge in [0.25, 0.3) is 0 Å². The lowest BCUT2D eigenvalue weighted by atomic mass is 9.91. The lowest BCUT2D eigenvalue weighted by Crippen LogP contribution is -2.37. The number of aliphatic imine (C=N–C) groups is 1. The molecular formula is C38H18Cl2N2O2. The van der Waals surface area contributed by atoms with Crippen molar-refractivity contribution in [3.8, 4) is 11.5 Å². The van der Waals surface area contributed by atoms with E-state index in [2.05, 4.69) is 102 Å². The van der Waals surface area contributed by atoms with Gasteiger partial charge in [-0.15, -0.1) is 0 Å². The third-order valence-corrected chi connectivity index (χ3v) is 10.3. The van der Waals surface area contributed by atoms with Gasteiger partial charge in [-0.3, -0.25) is 0 Å². The van der Waals surface area contributed by atoms with Crippen molar-refractivity contribution in [2.24, 2.45) is 4.99 Å². The molecule has 44 heavy (non-hydrogen) atoms. The van der Waals surface area contributed by atoms with Gasteiger partial charge in [-0.05, 0) is 66.0 Å². The molecule has 206 valence electrons. The number of fused-ring (bicyclic) bond motifs is 6. The molecule has 3 aliphatic rings. The minimum atomic E-state index is -0.518. The van der Waals surface area contributed by atoms with Gasteiger partial charge in [0.15, 0.2) is 23.0 Å². The maximum atomic E-state index is 7.17. The summed E-state index contributed by atoms with van der Waals surface area (Å²) >= 11 is 14.3. The second kappa shape index (κ2) is 7.92. The smallest absolute Gasteiger partial charge is 0.171 e. The molecule has 8 aromatic rings. The highest BCUT2D eigenvalue weighted by Gasteiger charge is 2.42. The summed E-state index contributed by atoms with van der Waals surface area (Å²) in [6.07, 6.45) is 0. The SMILES string of the molecule is ClC1=C2Oc3cc4ccc5cccc6ccc(c3NC2C(Cl)=C2Oc3cc7ccc8cccc9ccc(c3N=C12)c7c89)c4c56. The van der Waals surface area contributed by atoms with Gasteiger partial charge in [0.2, 0.25) is 0 Å². The van der Waals surface area contributed by atoms with Gasteiger partial charge >= 0.3 is 0 Å². The van der Waals surface area contributed by atoms with Crippen molar-refractivity contribution in [1.82, 2.24) is 0 Å². The Labute approximate surface area is 260 Å². The molecular weight excluding hydrogens is 587 g/mol. The summed E-state index contributed by atoms with van der Waals surface area (Å²) in [7, 11) is 0. The molecule has 1 unspecified atom stereocenters. The molecule has 4 nitrogen and oxygen atoms in total. The maximum Gasteiger partial charge on any atom is 0.171 e. The second-order valence-electron chi connectivity index (χ2n) is 11.8. The van der Waals surface area contributed by atoms with Gasteiger partial charge in [-0.25, -0.2) is 4.99 Å². The Kier molecular flexibility index (Phi) is 4.21. The summed E-state index contributed by atoms with van der Waals surface area (Å²) < 4.78 is 13.2. The summed E-state index contributed by atoms with van der Waals surface area (Å²) in [5.41, 5.74) is 2.10. The van der Waals surface area contributed by atoms with Crippen LogP contribution in [-0.4, -0.2) is 11.8 Å². The molecule has 0 spiro atoms. The van der Waals surface area contributed by atoms with E-state index in [-0.39, 0.29) is 0 Å². The van der Waals surface area contributed by atoms with Gasteiger partial charge in [0, 0.05) is 10.8 Å². The molecule has 1 aliphatic carbocycles. The first-order valence-corrected chi connectivity index (χ1v) is 15.3. The van der Waals surface area contributed by atoms with E-state index < -0.39 is 6.04 Å². The first-order valence-electron chi connectivity index (χ1n) is 14.5. The minimum absolute atomic E-state index is 0.383. The molecule has 2 aliphatic heterocycles. The fraction of sp³-hybridized carbons (Fsp3) is 0.0263. The zero-order valence-electron chi connectivity index (χ0n) is 22.8. The lowest BCUT2D eigenvalue weighted by Gasteiger charge is -2.36. The summed E-state index contributed by atoms with van der Waals surface area (Å²) in [5, 5.41) is 18.4. The molecule has 0 aromatic heterocycles. The Morgan fingerprint density at radius 2 is 1.16 bits per heavy atom. The van der Waals surface area contributed by atoms with Crippen molar-refractivity contribution in [2.45, 2.75) is 6.04 Å². The number of allylic oxidation sites excluding steroid dienone is 1. The number of nitrogens with zero attached hydrogens (tertiary/aromatic N) is 1. The molecule has 0 bridgehead atoms. The normalized spacial score (nSPS) is 17.6. The van der Waals surface area contributed by atoms with E-state index in [0.29, 0.717) is 38.8 Å². The number of nitrogens with one attached hydrogen (secondary N) is 1. The van der Waals surface area contributed by atoms with Crippen molar-refractivity contribution >= 4 is 105 Å². The van der Waals surface area contributed by atoms with Gasteiger partial charge in [-0.2, -0.15) is 0 Å². The van der Waals surface area contributed by atoms with Crippen molar-refractivity contribution in [3.05, 3.63) is 119 Å². The highest BCUT2D eigenvalue weighted by atomic mass is 35.5. The van der Waals surface area contributed by atoms with E-state index in [4.69, 9.17) is 37.7 Å². The zero-order valence-corrected chi connectivity index (χ0v) is 24.3. The highest BCUT2D eigenvalue weighted by molar-refractivity contribution is 6.49. The minimum Gasteiger partial charge on any atom is -0.455 e. The van der Waals surface area contributed by atoms with Crippen LogP contribution >= 0.6 is 23.2 Å². The van der Waals surface area contributed by atoms with Crippen LogP contribution in [0.1, 0.15) is 0 Å². The molecule has 2 heterocycles. The number of ether oxygens (including phenoxy) is 2. The summed E-state index contributed by atoms with van der Waals surface area (Å²) in [6, 6.07) is 33.6. The number of rotatable bonds is 0. The van der Waals surface area contributed by atoms with Crippen LogP contribution in [-0.2, 0) is 0 Å². The monoisotopic (exact) mass is 604 g/mol. The molecule has 8 aromatic carbocycles. The Balaban J connectivity index is 1.13. The lowest BCUT2D eigenvalue weighted by molar-refractivity contribution is 0.380.